The molecule has 0 radical (unpaired) electrons. The summed E-state index contributed by atoms with van der Waals surface area (Å²) in [5.74, 6) is 0.134. The molecule has 34 heavy (non-hydrogen) atoms. The van der Waals surface area contributed by atoms with E-state index in [2.05, 4.69) is 54.1 Å². The molecular weight excluding hydrogens is 442 g/mol. The number of hydrogen-bond donors (Lipinski definition) is 2. The van der Waals surface area contributed by atoms with Crippen LogP contribution in [0.1, 0.15) is 31.4 Å². The van der Waals surface area contributed by atoms with E-state index in [1.165, 1.54) is 5.19 Å². The molecule has 0 aliphatic carbocycles. The summed E-state index contributed by atoms with van der Waals surface area (Å²) in [5, 5.41) is 7.14. The Kier molecular flexibility index (Phi) is 10.0. The van der Waals surface area contributed by atoms with Crippen molar-refractivity contribution in [2.75, 3.05) is 12.4 Å². The Bertz CT molecular complexity index is 1040. The van der Waals surface area contributed by atoms with E-state index in [1.807, 2.05) is 31.2 Å². The fourth-order valence-electron chi connectivity index (χ4n) is 3.38. The Labute approximate surface area is 203 Å². The van der Waals surface area contributed by atoms with Crippen molar-refractivity contribution in [2.45, 2.75) is 45.4 Å². The zero-order valence-corrected chi connectivity index (χ0v) is 21.7. The van der Waals surface area contributed by atoms with Crippen LogP contribution in [-0.4, -0.2) is 33.7 Å². The van der Waals surface area contributed by atoms with E-state index in [4.69, 9.17) is 4.74 Å². The van der Waals surface area contributed by atoms with Crippen LogP contribution in [0.3, 0.4) is 0 Å². The summed E-state index contributed by atoms with van der Waals surface area (Å²) in [6.07, 6.45) is 6.11. The van der Waals surface area contributed by atoms with Crippen LogP contribution in [0.25, 0.3) is 0 Å². The van der Waals surface area contributed by atoms with Crippen molar-refractivity contribution in [2.24, 2.45) is 4.99 Å². The third-order valence-corrected chi connectivity index (χ3v) is 7.38. The van der Waals surface area contributed by atoms with Crippen molar-refractivity contribution in [3.05, 3.63) is 78.0 Å². The summed E-state index contributed by atoms with van der Waals surface area (Å²) in [4.78, 5) is 29.8. The van der Waals surface area contributed by atoms with Gasteiger partial charge in [0.1, 0.15) is 11.8 Å². The number of ether oxygens (including phenoxy) is 1. The standard InChI is InChI=1S/C27H35N3O3Si/c1-7-8-20(19-28-2)9-18-25(31)30-26(21-10-14-23(33-3)15-11-21)27(32)29-22-12-16-24(17-13-22)34(4,5)6/h7-8,10-17,19,26H,2,9,18H2,1,3-6H3,(H,29,32)(H,30,31)/b8-7-,20-19+. The normalized spacial score (nSPS) is 12.8. The monoisotopic (exact) mass is 477 g/mol. The predicted molar refractivity (Wildman–Crippen MR) is 144 cm³/mol. The molecule has 0 fully saturated rings. The average molecular weight is 478 g/mol. The average Bonchev–Trinajstić information content (AvgIpc) is 2.81. The largest absolute Gasteiger partial charge is 0.497 e. The molecule has 0 aromatic heterocycles. The molecule has 0 bridgehead atoms. The lowest BCUT2D eigenvalue weighted by molar-refractivity contribution is -0.126. The quantitative estimate of drug-likeness (QED) is 0.272. The first-order valence-electron chi connectivity index (χ1n) is 11.3. The van der Waals surface area contributed by atoms with Crippen LogP contribution in [0.5, 0.6) is 5.75 Å². The van der Waals surface area contributed by atoms with Crippen LogP contribution in [0, 0.1) is 0 Å². The molecule has 0 saturated carbocycles. The molecule has 0 aliphatic rings. The van der Waals surface area contributed by atoms with Gasteiger partial charge in [-0.3, -0.25) is 14.6 Å². The van der Waals surface area contributed by atoms with Crippen molar-refractivity contribution in [1.82, 2.24) is 5.32 Å². The second-order valence-corrected chi connectivity index (χ2v) is 14.1. The SMILES string of the molecule is C=N/C=C(\C=C/C)CCC(=O)NC(C(=O)Nc1ccc([Si](C)(C)C)cc1)c1ccc(OC)cc1. The van der Waals surface area contributed by atoms with E-state index >= 15 is 0 Å². The number of rotatable bonds is 11. The number of nitrogens with zero attached hydrogens (tertiary/aromatic N) is 1. The predicted octanol–water partition coefficient (Wildman–Crippen LogP) is 4.98. The Balaban J connectivity index is 2.19. The fourth-order valence-corrected chi connectivity index (χ4v) is 4.54. The molecule has 0 spiro atoms. The van der Waals surface area contributed by atoms with Crippen LogP contribution in [-0.2, 0) is 9.59 Å². The summed E-state index contributed by atoms with van der Waals surface area (Å²) >= 11 is 0. The summed E-state index contributed by atoms with van der Waals surface area (Å²) in [6.45, 7) is 12.2. The molecular formula is C27H35N3O3Si. The van der Waals surface area contributed by atoms with Gasteiger partial charge in [0.2, 0.25) is 5.91 Å². The number of nitrogens with one attached hydrogen (secondary N) is 2. The highest BCUT2D eigenvalue weighted by atomic mass is 28.3. The van der Waals surface area contributed by atoms with Gasteiger partial charge in [-0.05, 0) is 55.5 Å². The maximum Gasteiger partial charge on any atom is 0.251 e. The molecule has 180 valence electrons. The van der Waals surface area contributed by atoms with Crippen LogP contribution in [0.2, 0.25) is 19.6 Å². The molecule has 2 amide bonds. The van der Waals surface area contributed by atoms with E-state index in [1.54, 1.807) is 37.6 Å². The molecule has 7 heteroatoms. The Hall–Kier alpha value is -3.45. The first kappa shape index (κ1) is 26.8. The van der Waals surface area contributed by atoms with Gasteiger partial charge in [0.15, 0.2) is 0 Å². The van der Waals surface area contributed by atoms with Gasteiger partial charge in [0.25, 0.3) is 5.91 Å². The Morgan fingerprint density at radius 3 is 2.24 bits per heavy atom. The summed E-state index contributed by atoms with van der Waals surface area (Å²) in [5.41, 5.74) is 2.25. The number of anilines is 1. The zero-order valence-electron chi connectivity index (χ0n) is 20.7. The van der Waals surface area contributed by atoms with E-state index in [0.717, 1.165) is 5.57 Å². The number of methoxy groups -OCH3 is 1. The third-order valence-electron chi connectivity index (χ3n) is 5.31. The molecule has 2 rings (SSSR count). The number of carbonyl (C=O) groups is 2. The summed E-state index contributed by atoms with van der Waals surface area (Å²) in [7, 11) is 0.149. The van der Waals surface area contributed by atoms with Crippen molar-refractivity contribution >= 4 is 37.5 Å². The smallest absolute Gasteiger partial charge is 0.251 e. The Morgan fingerprint density at radius 1 is 1.06 bits per heavy atom. The van der Waals surface area contributed by atoms with Crippen molar-refractivity contribution < 1.29 is 14.3 Å². The van der Waals surface area contributed by atoms with E-state index in [9.17, 15) is 9.59 Å². The van der Waals surface area contributed by atoms with Crippen LogP contribution in [0.4, 0.5) is 5.69 Å². The van der Waals surface area contributed by atoms with E-state index in [-0.39, 0.29) is 18.2 Å². The fraction of sp³-hybridized carbons (Fsp3) is 0.296. The highest BCUT2D eigenvalue weighted by Crippen LogP contribution is 2.21. The van der Waals surface area contributed by atoms with Gasteiger partial charge in [0, 0.05) is 18.3 Å². The minimum atomic E-state index is -1.43. The van der Waals surface area contributed by atoms with Gasteiger partial charge in [-0.1, -0.05) is 61.2 Å². The summed E-state index contributed by atoms with van der Waals surface area (Å²) in [6, 6.07) is 14.2. The molecule has 0 heterocycles. The van der Waals surface area contributed by atoms with Crippen LogP contribution >= 0.6 is 0 Å². The second kappa shape index (κ2) is 12.7. The molecule has 0 saturated heterocycles. The van der Waals surface area contributed by atoms with Gasteiger partial charge in [-0.15, -0.1) is 0 Å². The molecule has 0 aliphatic heterocycles. The number of benzene rings is 2. The third kappa shape index (κ3) is 8.15. The van der Waals surface area contributed by atoms with Gasteiger partial charge in [0.05, 0.1) is 15.2 Å². The van der Waals surface area contributed by atoms with E-state index < -0.39 is 14.1 Å². The number of hydrogen-bond acceptors (Lipinski definition) is 4. The van der Waals surface area contributed by atoms with E-state index in [0.29, 0.717) is 23.4 Å². The lowest BCUT2D eigenvalue weighted by atomic mass is 10.0. The van der Waals surface area contributed by atoms with Crippen molar-refractivity contribution in [3.63, 3.8) is 0 Å². The Morgan fingerprint density at radius 2 is 1.71 bits per heavy atom. The maximum absolute atomic E-state index is 13.2. The number of allylic oxidation sites excluding steroid dienone is 3. The number of aliphatic imine (C=N–C) groups is 1. The highest BCUT2D eigenvalue weighted by Gasteiger charge is 2.23. The van der Waals surface area contributed by atoms with Gasteiger partial charge in [-0.2, -0.15) is 0 Å². The molecule has 1 atom stereocenters. The molecule has 2 N–H and O–H groups in total. The van der Waals surface area contributed by atoms with Crippen molar-refractivity contribution in [1.29, 1.82) is 0 Å². The topological polar surface area (TPSA) is 79.8 Å². The molecule has 1 unspecified atom stereocenters. The second-order valence-electron chi connectivity index (χ2n) is 8.98. The molecule has 6 nitrogen and oxygen atoms in total. The highest BCUT2D eigenvalue weighted by molar-refractivity contribution is 6.88. The summed E-state index contributed by atoms with van der Waals surface area (Å²) < 4.78 is 5.22. The van der Waals surface area contributed by atoms with Crippen LogP contribution < -0.4 is 20.6 Å². The minimum absolute atomic E-state index is 0.219. The lowest BCUT2D eigenvalue weighted by Gasteiger charge is -2.20. The lowest BCUT2D eigenvalue weighted by Crippen LogP contribution is -2.38. The van der Waals surface area contributed by atoms with Gasteiger partial charge in [-0.25, -0.2) is 0 Å². The number of amides is 2. The zero-order chi connectivity index (χ0) is 25.1. The molecule has 2 aromatic rings. The first-order chi connectivity index (χ1) is 16.2. The first-order valence-corrected chi connectivity index (χ1v) is 14.8. The number of carbonyl (C=O) groups excluding carboxylic acids is 2. The van der Waals surface area contributed by atoms with Gasteiger partial charge < -0.3 is 15.4 Å². The van der Waals surface area contributed by atoms with Crippen LogP contribution in [0.15, 0.2) is 77.4 Å². The maximum atomic E-state index is 13.2. The van der Waals surface area contributed by atoms with Gasteiger partial charge >= 0.3 is 0 Å². The minimum Gasteiger partial charge on any atom is -0.497 e. The van der Waals surface area contributed by atoms with Crippen molar-refractivity contribution in [3.8, 4) is 5.75 Å². The molecule has 2 aromatic carbocycles.